The lowest BCUT2D eigenvalue weighted by atomic mass is 9.40. The van der Waals surface area contributed by atoms with E-state index in [1.165, 1.54) is 24.0 Å². The maximum absolute atomic E-state index is 13.7. The van der Waals surface area contributed by atoms with Crippen LogP contribution in [0.1, 0.15) is 0 Å². The Balaban J connectivity index is 1.24. The summed E-state index contributed by atoms with van der Waals surface area (Å²) in [4.78, 5) is 57.0. The lowest BCUT2D eigenvalue weighted by molar-refractivity contribution is -0.166. The molecule has 4 aliphatic carbocycles. The van der Waals surface area contributed by atoms with Gasteiger partial charge in [-0.3, -0.25) is 19.2 Å². The maximum Gasteiger partial charge on any atom is 0.238 e. The van der Waals surface area contributed by atoms with Gasteiger partial charge in [0.2, 0.25) is 23.6 Å². The van der Waals surface area contributed by atoms with Crippen molar-refractivity contribution in [3.8, 4) is 11.5 Å². The van der Waals surface area contributed by atoms with Crippen LogP contribution in [0, 0.1) is 47.3 Å². The smallest absolute Gasteiger partial charge is 0.238 e. The number of imide groups is 2. The van der Waals surface area contributed by atoms with Crippen LogP contribution in [0.3, 0.4) is 0 Å². The molecule has 2 aliphatic heterocycles. The number of fused-ring (bicyclic) bond motifs is 1. The monoisotopic (exact) mass is 484 g/mol. The molecule has 0 unspecified atom stereocenters. The summed E-state index contributed by atoms with van der Waals surface area (Å²) >= 11 is 0. The third kappa shape index (κ3) is 2.49. The minimum absolute atomic E-state index is 0.125. The molecule has 36 heavy (non-hydrogen) atoms. The van der Waals surface area contributed by atoms with E-state index in [4.69, 9.17) is 9.47 Å². The summed E-state index contributed by atoms with van der Waals surface area (Å²) in [5.74, 6) is -2.52. The lowest BCUT2D eigenvalue weighted by Gasteiger charge is -2.60. The lowest BCUT2D eigenvalue weighted by Crippen LogP contribution is -2.63. The highest BCUT2D eigenvalue weighted by Gasteiger charge is 2.75. The van der Waals surface area contributed by atoms with E-state index in [1.807, 2.05) is 12.2 Å². The maximum atomic E-state index is 13.7. The highest BCUT2D eigenvalue weighted by Crippen LogP contribution is 2.68. The van der Waals surface area contributed by atoms with Crippen LogP contribution in [0.4, 0.5) is 11.4 Å². The van der Waals surface area contributed by atoms with Crippen molar-refractivity contribution in [2.75, 3.05) is 24.0 Å². The molecule has 6 aliphatic rings. The number of methoxy groups -OCH3 is 2. The van der Waals surface area contributed by atoms with Crippen molar-refractivity contribution in [2.45, 2.75) is 0 Å². The van der Waals surface area contributed by atoms with E-state index in [-0.39, 0.29) is 47.3 Å². The molecule has 2 saturated carbocycles. The van der Waals surface area contributed by atoms with Gasteiger partial charge >= 0.3 is 0 Å². The zero-order chi connectivity index (χ0) is 24.9. The van der Waals surface area contributed by atoms with Crippen molar-refractivity contribution in [2.24, 2.45) is 47.3 Å². The minimum atomic E-state index is -0.519. The average Bonchev–Trinajstić information content (AvgIpc) is 3.27. The van der Waals surface area contributed by atoms with Gasteiger partial charge < -0.3 is 9.47 Å². The Kier molecular flexibility index (Phi) is 4.32. The Labute approximate surface area is 207 Å². The predicted octanol–water partition coefficient (Wildman–Crippen LogP) is 2.68. The van der Waals surface area contributed by atoms with Crippen LogP contribution in [-0.2, 0) is 19.2 Å². The molecule has 8 heteroatoms. The van der Waals surface area contributed by atoms with Crippen molar-refractivity contribution < 1.29 is 28.7 Å². The Morgan fingerprint density at radius 2 is 0.972 bits per heavy atom. The summed E-state index contributed by atoms with van der Waals surface area (Å²) in [5, 5.41) is 0. The van der Waals surface area contributed by atoms with Crippen LogP contribution in [0.25, 0.3) is 0 Å². The van der Waals surface area contributed by atoms with E-state index in [0.717, 1.165) is 0 Å². The van der Waals surface area contributed by atoms with E-state index in [2.05, 4.69) is 0 Å². The molecule has 2 aromatic rings. The number of rotatable bonds is 4. The number of anilines is 2. The van der Waals surface area contributed by atoms with Gasteiger partial charge in [-0.15, -0.1) is 0 Å². The quantitative estimate of drug-likeness (QED) is 0.489. The van der Waals surface area contributed by atoms with Crippen molar-refractivity contribution in [1.82, 2.24) is 0 Å². The van der Waals surface area contributed by atoms with Gasteiger partial charge in [0.25, 0.3) is 0 Å². The number of carbonyl (C=O) groups is 4. The van der Waals surface area contributed by atoms with Crippen LogP contribution in [0.2, 0.25) is 0 Å². The topological polar surface area (TPSA) is 93.2 Å². The van der Waals surface area contributed by atoms with E-state index < -0.39 is 23.7 Å². The number of benzene rings is 2. The fourth-order valence-electron chi connectivity index (χ4n) is 7.61. The van der Waals surface area contributed by atoms with Gasteiger partial charge in [-0.25, -0.2) is 9.80 Å². The van der Waals surface area contributed by atoms with E-state index in [9.17, 15) is 19.2 Å². The summed E-state index contributed by atoms with van der Waals surface area (Å²) in [6, 6.07) is 13.9. The molecular formula is C28H24N2O6. The van der Waals surface area contributed by atoms with Gasteiger partial charge in [-0.1, -0.05) is 24.3 Å². The zero-order valence-electron chi connectivity index (χ0n) is 19.7. The summed E-state index contributed by atoms with van der Waals surface area (Å²) < 4.78 is 10.6. The molecule has 2 saturated heterocycles. The van der Waals surface area contributed by atoms with E-state index in [1.54, 1.807) is 48.5 Å². The number of hydrogen-bond donors (Lipinski definition) is 0. The molecule has 4 fully saturated rings. The third-order valence-corrected chi connectivity index (χ3v) is 8.97. The van der Waals surface area contributed by atoms with Crippen molar-refractivity contribution in [1.29, 1.82) is 0 Å². The number of carbonyl (C=O) groups excluding carboxylic acids is 4. The highest BCUT2D eigenvalue weighted by atomic mass is 16.5. The highest BCUT2D eigenvalue weighted by molar-refractivity contribution is 6.25. The minimum Gasteiger partial charge on any atom is -0.497 e. The molecule has 0 spiro atoms. The first kappa shape index (κ1) is 21.4. The second-order valence-corrected chi connectivity index (χ2v) is 10.2. The third-order valence-electron chi connectivity index (χ3n) is 8.97. The van der Waals surface area contributed by atoms with E-state index >= 15 is 0 Å². The molecule has 2 aromatic carbocycles. The molecule has 2 heterocycles. The first-order chi connectivity index (χ1) is 17.5. The van der Waals surface area contributed by atoms with Gasteiger partial charge in [0.1, 0.15) is 11.5 Å². The molecule has 0 N–H and O–H groups in total. The van der Waals surface area contributed by atoms with Crippen LogP contribution in [-0.4, -0.2) is 37.8 Å². The number of allylic oxidation sites excluding steroid dienone is 2. The van der Waals surface area contributed by atoms with Crippen molar-refractivity contribution >= 4 is 35.0 Å². The molecular weight excluding hydrogens is 460 g/mol. The summed E-state index contributed by atoms with van der Waals surface area (Å²) in [5.41, 5.74) is 0.981. The van der Waals surface area contributed by atoms with Crippen LogP contribution >= 0.6 is 0 Å². The van der Waals surface area contributed by atoms with Gasteiger partial charge in [0, 0.05) is 12.1 Å². The van der Waals surface area contributed by atoms with Crippen LogP contribution < -0.4 is 19.3 Å². The Morgan fingerprint density at radius 1 is 0.583 bits per heavy atom. The fraction of sp³-hybridized carbons (Fsp3) is 0.357. The first-order valence-electron chi connectivity index (χ1n) is 12.2. The first-order valence-corrected chi connectivity index (χ1v) is 12.2. The van der Waals surface area contributed by atoms with Gasteiger partial charge in [-0.05, 0) is 47.9 Å². The molecule has 0 radical (unpaired) electrons. The molecule has 8 atom stereocenters. The van der Waals surface area contributed by atoms with Gasteiger partial charge in [0.05, 0.1) is 49.3 Å². The Bertz CT molecular complexity index is 1330. The molecule has 182 valence electrons. The van der Waals surface area contributed by atoms with Crippen LogP contribution in [0.5, 0.6) is 11.5 Å². The molecule has 4 amide bonds. The van der Waals surface area contributed by atoms with Gasteiger partial charge in [0.15, 0.2) is 0 Å². The zero-order valence-corrected chi connectivity index (χ0v) is 19.7. The molecule has 8 rings (SSSR count). The SMILES string of the molecule is COc1cccc(N2C(=O)[C@@H]3[C@H]4C=C[C@@H]([C@@H]3C2=O)[C@@H]2[C@@H]3C(=O)N(c5cccc(OC)c5)C(=O)[C@@H]3[C@@H]42)c1. The summed E-state index contributed by atoms with van der Waals surface area (Å²) in [7, 11) is 3.08. The predicted molar refractivity (Wildman–Crippen MR) is 128 cm³/mol. The number of amides is 4. The Morgan fingerprint density at radius 3 is 1.36 bits per heavy atom. The standard InChI is InChI=1S/C28H24N2O6/c1-35-15-7-3-5-13(11-15)29-25(31)21-17-9-10-18(22(21)26(29)32)20-19(17)23-24(20)28(34)30(27(23)33)14-6-4-8-16(12-14)36-2/h3-12,17-24H,1-2H3/t17-,18+,19-,20-,21+,22-,23+,24-/m0/s1. The summed E-state index contributed by atoms with van der Waals surface area (Å²) in [6.07, 6.45) is 4.02. The number of ether oxygens (including phenoxy) is 2. The van der Waals surface area contributed by atoms with Crippen molar-refractivity contribution in [3.63, 3.8) is 0 Å². The van der Waals surface area contributed by atoms with Crippen LogP contribution in [0.15, 0.2) is 60.7 Å². The second kappa shape index (κ2) is 7.29. The molecule has 2 bridgehead atoms. The summed E-state index contributed by atoms with van der Waals surface area (Å²) in [6.45, 7) is 0. The number of hydrogen-bond acceptors (Lipinski definition) is 6. The van der Waals surface area contributed by atoms with Gasteiger partial charge in [-0.2, -0.15) is 0 Å². The molecule has 8 nitrogen and oxygen atoms in total. The average molecular weight is 485 g/mol. The molecule has 0 aromatic heterocycles. The normalized spacial score (nSPS) is 35.5. The van der Waals surface area contributed by atoms with Crippen molar-refractivity contribution in [3.05, 3.63) is 60.7 Å². The largest absolute Gasteiger partial charge is 0.497 e. The van der Waals surface area contributed by atoms with E-state index in [0.29, 0.717) is 22.9 Å². The Hall–Kier alpha value is -3.94. The fourth-order valence-corrected chi connectivity index (χ4v) is 7.61. The second-order valence-electron chi connectivity index (χ2n) is 10.2. The number of nitrogens with zero attached hydrogens (tertiary/aromatic N) is 2.